The fraction of sp³-hybridized carbons (Fsp3) is 0.875. The lowest BCUT2D eigenvalue weighted by Gasteiger charge is -2.39. The minimum absolute atomic E-state index is 0.0515. The van der Waals surface area contributed by atoms with Crippen LogP contribution in [0.5, 0.6) is 0 Å². The zero-order valence-corrected chi connectivity index (χ0v) is 17.4. The van der Waals surface area contributed by atoms with Crippen LogP contribution in [0.1, 0.15) is 69.2 Å². The highest BCUT2D eigenvalue weighted by molar-refractivity contribution is 7.96. The second kappa shape index (κ2) is 7.19. The van der Waals surface area contributed by atoms with Crippen molar-refractivity contribution in [3.63, 3.8) is 0 Å². The van der Waals surface area contributed by atoms with Gasteiger partial charge in [0.05, 0.1) is 14.2 Å². The van der Waals surface area contributed by atoms with Crippen molar-refractivity contribution < 1.29 is 18.5 Å². The van der Waals surface area contributed by atoms with E-state index < -0.39 is 24.6 Å². The summed E-state index contributed by atoms with van der Waals surface area (Å²) in [5.41, 5.74) is -1.56. The average Bonchev–Trinajstić information content (AvgIpc) is 2.22. The fourth-order valence-electron chi connectivity index (χ4n) is 0.875. The van der Waals surface area contributed by atoms with Crippen molar-refractivity contribution >= 4 is 31.9 Å². The molecule has 0 aromatic heterocycles. The lowest BCUT2D eigenvalue weighted by molar-refractivity contribution is -0.117. The van der Waals surface area contributed by atoms with E-state index >= 15 is 0 Å². The Morgan fingerprint density at radius 3 is 1.68 bits per heavy atom. The topological polar surface area (TPSA) is 52.6 Å². The van der Waals surface area contributed by atoms with Gasteiger partial charge in [-0.15, -0.1) is 0 Å². The van der Waals surface area contributed by atoms with Gasteiger partial charge < -0.3 is 8.92 Å². The zero-order chi connectivity index (χ0) is 18.0. The number of hydrogen-bond acceptors (Lipinski definition) is 5. The normalized spacial score (nSPS) is 14.5. The minimum atomic E-state index is -0.842. The number of carbonyl (C=O) groups is 2. The van der Waals surface area contributed by atoms with Crippen molar-refractivity contribution in [1.29, 1.82) is 0 Å². The molecule has 0 spiro atoms. The number of rotatable bonds is 6. The molecule has 0 saturated carbocycles. The molecular weight excluding hydrogens is 319 g/mol. The van der Waals surface area contributed by atoms with Crippen LogP contribution >= 0.6 is 20.6 Å². The maximum atomic E-state index is 11.9. The molecule has 4 nitrogen and oxygen atoms in total. The van der Waals surface area contributed by atoms with Crippen molar-refractivity contribution in [1.82, 2.24) is 0 Å². The Labute approximate surface area is 141 Å². The first kappa shape index (κ1) is 21.9. The predicted molar refractivity (Wildman–Crippen MR) is 95.5 cm³/mol. The van der Waals surface area contributed by atoms with E-state index in [1.165, 1.54) is 0 Å². The van der Waals surface area contributed by atoms with Crippen LogP contribution in [-0.4, -0.2) is 21.8 Å². The Hall–Kier alpha value is -0.120. The van der Waals surface area contributed by atoms with Crippen LogP contribution < -0.4 is 0 Å². The van der Waals surface area contributed by atoms with Crippen molar-refractivity contribution in [2.24, 2.45) is 10.8 Å². The van der Waals surface area contributed by atoms with Gasteiger partial charge in [-0.2, -0.15) is 0 Å². The summed E-state index contributed by atoms with van der Waals surface area (Å²) >= 11 is 1.13. The van der Waals surface area contributed by atoms with Gasteiger partial charge in [-0.25, -0.2) is 4.79 Å². The molecule has 0 saturated heterocycles. The van der Waals surface area contributed by atoms with E-state index in [4.69, 9.17) is 8.92 Å². The molecule has 1 atom stereocenters. The van der Waals surface area contributed by atoms with E-state index in [1.807, 2.05) is 13.8 Å². The van der Waals surface area contributed by atoms with Crippen molar-refractivity contribution in [3.05, 3.63) is 0 Å². The summed E-state index contributed by atoms with van der Waals surface area (Å²) in [5, 5.41) is 0. The molecule has 0 N–H and O–H groups in total. The molecular formula is C16H31O4PS. The molecule has 0 fully saturated rings. The third-order valence-corrected chi connectivity index (χ3v) is 5.76. The molecule has 22 heavy (non-hydrogen) atoms. The lowest BCUT2D eigenvalue weighted by atomic mass is 9.79. The summed E-state index contributed by atoms with van der Waals surface area (Å²) in [5.74, 6) is 0. The highest BCUT2D eigenvalue weighted by atomic mass is 32.2. The highest BCUT2D eigenvalue weighted by Crippen LogP contribution is 2.41. The van der Waals surface area contributed by atoms with Crippen LogP contribution in [0, 0.1) is 10.8 Å². The second-order valence-corrected chi connectivity index (χ2v) is 10.8. The first-order valence-corrected chi connectivity index (χ1v) is 9.13. The molecule has 0 rings (SSSR count). The molecule has 6 heteroatoms. The number of hydrogen-bond donors (Lipinski definition) is 0. The van der Waals surface area contributed by atoms with E-state index in [-0.39, 0.29) is 16.5 Å². The standard InChI is InChI=1S/C16H31O4PS/c1-13(2,3)11(17)21-12(18)19-16(9,10)22-20-15(7,8)14(4,5)6/h21H,1-10H3. The second-order valence-electron chi connectivity index (χ2n) is 8.42. The molecule has 0 aliphatic heterocycles. The Kier molecular flexibility index (Phi) is 7.15. The molecule has 1 unspecified atom stereocenters. The molecule has 0 aromatic carbocycles. The van der Waals surface area contributed by atoms with Crippen LogP contribution in [-0.2, 0) is 13.7 Å². The van der Waals surface area contributed by atoms with Gasteiger partial charge in [-0.3, -0.25) is 4.79 Å². The molecule has 0 aliphatic rings. The van der Waals surface area contributed by atoms with Crippen LogP contribution in [0.4, 0.5) is 4.79 Å². The van der Waals surface area contributed by atoms with Gasteiger partial charge in [0.15, 0.2) is 10.5 Å². The summed E-state index contributed by atoms with van der Waals surface area (Å²) in [4.78, 5) is 23.0. The van der Waals surface area contributed by atoms with Gasteiger partial charge in [0.1, 0.15) is 0 Å². The summed E-state index contributed by atoms with van der Waals surface area (Å²) in [6.07, 6.45) is 0. The summed E-state index contributed by atoms with van der Waals surface area (Å²) in [6, 6.07) is 0. The van der Waals surface area contributed by atoms with Crippen molar-refractivity contribution in [2.45, 2.75) is 79.8 Å². The van der Waals surface area contributed by atoms with Crippen LogP contribution in [0.2, 0.25) is 0 Å². The van der Waals surface area contributed by atoms with E-state index in [1.54, 1.807) is 34.6 Å². The Balaban J connectivity index is 4.60. The molecule has 0 amide bonds. The summed E-state index contributed by atoms with van der Waals surface area (Å²) < 4.78 is 11.3. The fourth-order valence-corrected chi connectivity index (χ4v) is 2.58. The van der Waals surface area contributed by atoms with E-state index in [2.05, 4.69) is 20.8 Å². The number of carbonyl (C=O) groups excluding carboxylic acids is 2. The molecule has 0 heterocycles. The van der Waals surface area contributed by atoms with Crippen LogP contribution in [0.15, 0.2) is 0 Å². The highest BCUT2D eigenvalue weighted by Gasteiger charge is 2.38. The van der Waals surface area contributed by atoms with Gasteiger partial charge >= 0.3 is 5.71 Å². The quantitative estimate of drug-likeness (QED) is 0.354. The Bertz CT molecular complexity index is 417. The largest absolute Gasteiger partial charge is 0.443 e. The summed E-state index contributed by atoms with van der Waals surface area (Å²) in [6.45, 7) is 19.2. The average molecular weight is 350 g/mol. The molecule has 130 valence electrons. The number of ether oxygens (including phenoxy) is 1. The monoisotopic (exact) mass is 350 g/mol. The first-order chi connectivity index (χ1) is 9.48. The van der Waals surface area contributed by atoms with Crippen molar-refractivity contribution in [3.8, 4) is 0 Å². The molecule has 0 aromatic rings. The van der Waals surface area contributed by atoms with E-state index in [0.717, 1.165) is 12.0 Å². The third kappa shape index (κ3) is 7.43. The molecule has 0 bridgehead atoms. The van der Waals surface area contributed by atoms with Crippen molar-refractivity contribution in [2.75, 3.05) is 0 Å². The molecule has 0 radical (unpaired) electrons. The maximum Gasteiger partial charge on any atom is 0.332 e. The van der Waals surface area contributed by atoms with Gasteiger partial charge in [-0.1, -0.05) is 41.5 Å². The zero-order valence-electron chi connectivity index (χ0n) is 15.5. The van der Waals surface area contributed by atoms with Gasteiger partial charge in [0.25, 0.3) is 0 Å². The predicted octanol–water partition coefficient (Wildman–Crippen LogP) is 5.60. The minimum Gasteiger partial charge on any atom is -0.443 e. The first-order valence-electron chi connectivity index (χ1n) is 7.39. The van der Waals surface area contributed by atoms with Crippen LogP contribution in [0.25, 0.3) is 0 Å². The summed E-state index contributed by atoms with van der Waals surface area (Å²) in [7, 11) is -0.484. The smallest absolute Gasteiger partial charge is 0.332 e. The lowest BCUT2D eigenvalue weighted by Crippen LogP contribution is -2.39. The SMILES string of the molecule is CC(C)(OC(=O)PC(=O)C(C)(C)C)SOC(C)(C)C(C)(C)C. The maximum absolute atomic E-state index is 11.9. The third-order valence-electron chi connectivity index (χ3n) is 3.49. The Morgan fingerprint density at radius 2 is 1.32 bits per heavy atom. The van der Waals surface area contributed by atoms with Crippen LogP contribution in [0.3, 0.4) is 0 Å². The van der Waals surface area contributed by atoms with Gasteiger partial charge in [0.2, 0.25) is 0 Å². The van der Waals surface area contributed by atoms with E-state index in [9.17, 15) is 9.59 Å². The molecule has 0 aliphatic carbocycles. The van der Waals surface area contributed by atoms with Gasteiger partial charge in [-0.05, 0) is 33.1 Å². The van der Waals surface area contributed by atoms with E-state index in [0.29, 0.717) is 0 Å². The Morgan fingerprint density at radius 1 is 0.864 bits per heavy atom. The van der Waals surface area contributed by atoms with Gasteiger partial charge in [0, 0.05) is 17.5 Å².